The molecule has 0 unspecified atom stereocenters. The molecule has 7 nitrogen and oxygen atoms in total. The Morgan fingerprint density at radius 2 is 1.81 bits per heavy atom. The number of aromatic nitrogens is 3. The highest BCUT2D eigenvalue weighted by Gasteiger charge is 2.19. The molecule has 2 aromatic heterocycles. The van der Waals surface area contributed by atoms with E-state index in [4.69, 9.17) is 10.3 Å². The zero-order valence-corrected chi connectivity index (χ0v) is 13.1. The van der Waals surface area contributed by atoms with Crippen LogP contribution in [-0.4, -0.2) is 15.0 Å². The lowest BCUT2D eigenvalue weighted by molar-refractivity contribution is 0.478. The number of nitrogens with one attached hydrogen (secondary N) is 2. The van der Waals surface area contributed by atoms with Crippen molar-refractivity contribution >= 4 is 11.6 Å². The maximum Gasteiger partial charge on any atom is 0.213 e. The summed E-state index contributed by atoms with van der Waals surface area (Å²) in [6.45, 7) is 10.4. The normalized spacial score (nSPS) is 11.5. The van der Waals surface area contributed by atoms with Gasteiger partial charge in [0.2, 0.25) is 5.89 Å². The van der Waals surface area contributed by atoms with Crippen molar-refractivity contribution < 1.29 is 4.42 Å². The van der Waals surface area contributed by atoms with Crippen LogP contribution in [0, 0.1) is 13.8 Å². The molecule has 0 fully saturated rings. The largest absolute Gasteiger partial charge is 0.444 e. The summed E-state index contributed by atoms with van der Waals surface area (Å²) in [5.41, 5.74) is 3.29. The Morgan fingerprint density at radius 3 is 2.33 bits per heavy atom. The number of hydrazine groups is 1. The van der Waals surface area contributed by atoms with E-state index in [9.17, 15) is 0 Å². The standard InChI is InChI=1S/C14H22N6O/c1-8-9(2)21-12(17-8)7-16-10-6-11(20-15)19-13(18-10)14(3,4)5/h6H,7,15H2,1-5H3,(H2,16,18,19,20). The molecule has 0 spiro atoms. The minimum absolute atomic E-state index is 0.167. The number of hydrogen-bond acceptors (Lipinski definition) is 7. The van der Waals surface area contributed by atoms with Crippen LogP contribution in [0.5, 0.6) is 0 Å². The van der Waals surface area contributed by atoms with E-state index in [0.717, 1.165) is 11.5 Å². The van der Waals surface area contributed by atoms with E-state index in [1.165, 1.54) is 0 Å². The monoisotopic (exact) mass is 290 g/mol. The molecule has 7 heteroatoms. The molecule has 0 aromatic carbocycles. The van der Waals surface area contributed by atoms with Crippen LogP contribution in [0.2, 0.25) is 0 Å². The second-order valence-corrected chi connectivity index (χ2v) is 5.96. The Morgan fingerprint density at radius 1 is 1.14 bits per heavy atom. The summed E-state index contributed by atoms with van der Waals surface area (Å²) in [6.07, 6.45) is 0. The maximum absolute atomic E-state index is 5.53. The SMILES string of the molecule is Cc1nc(CNc2cc(NN)nc(C(C)(C)C)n2)oc1C. The second-order valence-electron chi connectivity index (χ2n) is 5.96. The molecule has 0 aliphatic carbocycles. The van der Waals surface area contributed by atoms with Gasteiger partial charge in [-0.25, -0.2) is 20.8 Å². The smallest absolute Gasteiger partial charge is 0.213 e. The molecule has 2 heterocycles. The topological polar surface area (TPSA) is 102 Å². The number of anilines is 2. The predicted molar refractivity (Wildman–Crippen MR) is 81.8 cm³/mol. The van der Waals surface area contributed by atoms with Crippen molar-refractivity contribution in [2.75, 3.05) is 10.7 Å². The molecule has 0 radical (unpaired) electrons. The van der Waals surface area contributed by atoms with E-state index >= 15 is 0 Å². The average Bonchev–Trinajstić information content (AvgIpc) is 2.74. The van der Waals surface area contributed by atoms with Crippen LogP contribution in [0.1, 0.15) is 43.9 Å². The zero-order valence-electron chi connectivity index (χ0n) is 13.1. The van der Waals surface area contributed by atoms with E-state index in [1.54, 1.807) is 6.07 Å². The lowest BCUT2D eigenvalue weighted by Gasteiger charge is -2.18. The first-order valence-corrected chi connectivity index (χ1v) is 6.82. The molecule has 0 atom stereocenters. The first-order chi connectivity index (χ1) is 9.79. The number of nitrogens with zero attached hydrogens (tertiary/aromatic N) is 3. The summed E-state index contributed by atoms with van der Waals surface area (Å²) in [5.74, 6) is 8.87. The van der Waals surface area contributed by atoms with Crippen molar-refractivity contribution in [3.05, 3.63) is 29.2 Å². The summed E-state index contributed by atoms with van der Waals surface area (Å²) in [5, 5.41) is 3.19. The molecular weight excluding hydrogens is 268 g/mol. The Labute approximate surface area is 124 Å². The molecule has 114 valence electrons. The first-order valence-electron chi connectivity index (χ1n) is 6.82. The average molecular weight is 290 g/mol. The summed E-state index contributed by atoms with van der Waals surface area (Å²) < 4.78 is 5.53. The van der Waals surface area contributed by atoms with Gasteiger partial charge in [0, 0.05) is 11.5 Å². The quantitative estimate of drug-likeness (QED) is 0.586. The van der Waals surface area contributed by atoms with Gasteiger partial charge in [0.25, 0.3) is 0 Å². The fourth-order valence-electron chi connectivity index (χ4n) is 1.73. The van der Waals surface area contributed by atoms with Crippen LogP contribution in [0.25, 0.3) is 0 Å². The molecule has 0 saturated heterocycles. The van der Waals surface area contributed by atoms with Crippen molar-refractivity contribution in [3.8, 4) is 0 Å². The molecule has 0 bridgehead atoms. The van der Waals surface area contributed by atoms with Gasteiger partial charge in [0.1, 0.15) is 23.2 Å². The van der Waals surface area contributed by atoms with Gasteiger partial charge in [-0.1, -0.05) is 20.8 Å². The van der Waals surface area contributed by atoms with Gasteiger partial charge in [-0.2, -0.15) is 0 Å². The van der Waals surface area contributed by atoms with E-state index in [1.807, 2.05) is 34.6 Å². The van der Waals surface area contributed by atoms with Gasteiger partial charge in [-0.15, -0.1) is 0 Å². The van der Waals surface area contributed by atoms with Gasteiger partial charge in [0.15, 0.2) is 0 Å². The van der Waals surface area contributed by atoms with Crippen LogP contribution < -0.4 is 16.6 Å². The molecule has 0 aliphatic heterocycles. The highest BCUT2D eigenvalue weighted by molar-refractivity contribution is 5.47. The fraction of sp³-hybridized carbons (Fsp3) is 0.500. The molecule has 0 saturated carbocycles. The number of aryl methyl sites for hydroxylation is 2. The summed E-state index contributed by atoms with van der Waals surface area (Å²) in [4.78, 5) is 13.2. The Balaban J connectivity index is 2.19. The highest BCUT2D eigenvalue weighted by Crippen LogP contribution is 2.22. The van der Waals surface area contributed by atoms with Crippen LogP contribution in [-0.2, 0) is 12.0 Å². The molecule has 0 amide bonds. The van der Waals surface area contributed by atoms with E-state index in [2.05, 4.69) is 25.7 Å². The zero-order chi connectivity index (χ0) is 15.6. The predicted octanol–water partition coefficient (Wildman–Crippen LogP) is 2.28. The maximum atomic E-state index is 5.53. The highest BCUT2D eigenvalue weighted by atomic mass is 16.4. The molecule has 2 rings (SSSR count). The number of hydrogen-bond donors (Lipinski definition) is 3. The molecule has 2 aromatic rings. The number of oxazole rings is 1. The molecule has 21 heavy (non-hydrogen) atoms. The first kappa shape index (κ1) is 15.2. The van der Waals surface area contributed by atoms with Crippen molar-refractivity contribution in [3.63, 3.8) is 0 Å². The fourth-order valence-corrected chi connectivity index (χ4v) is 1.73. The van der Waals surface area contributed by atoms with Crippen LogP contribution in [0.15, 0.2) is 10.5 Å². The van der Waals surface area contributed by atoms with Gasteiger partial charge < -0.3 is 15.2 Å². The van der Waals surface area contributed by atoms with Crippen LogP contribution >= 0.6 is 0 Å². The molecule has 4 N–H and O–H groups in total. The molecular formula is C14H22N6O. The van der Waals surface area contributed by atoms with E-state index in [-0.39, 0.29) is 5.41 Å². The van der Waals surface area contributed by atoms with Gasteiger partial charge in [0.05, 0.1) is 12.2 Å². The Kier molecular flexibility index (Phi) is 4.13. The third kappa shape index (κ3) is 3.69. The third-order valence-corrected chi connectivity index (χ3v) is 3.04. The summed E-state index contributed by atoms with van der Waals surface area (Å²) in [6, 6.07) is 1.75. The van der Waals surface area contributed by atoms with Gasteiger partial charge in [-0.05, 0) is 13.8 Å². The number of nitrogen functional groups attached to an aromatic ring is 1. The second kappa shape index (κ2) is 5.69. The van der Waals surface area contributed by atoms with Crippen molar-refractivity contribution in [1.29, 1.82) is 0 Å². The minimum Gasteiger partial charge on any atom is -0.444 e. The van der Waals surface area contributed by atoms with Crippen molar-refractivity contribution in [2.24, 2.45) is 5.84 Å². The van der Waals surface area contributed by atoms with Crippen LogP contribution in [0.4, 0.5) is 11.6 Å². The van der Waals surface area contributed by atoms with Gasteiger partial charge >= 0.3 is 0 Å². The van der Waals surface area contributed by atoms with E-state index < -0.39 is 0 Å². The summed E-state index contributed by atoms with van der Waals surface area (Å²) in [7, 11) is 0. The number of rotatable bonds is 4. The lowest BCUT2D eigenvalue weighted by Crippen LogP contribution is -2.20. The summed E-state index contributed by atoms with van der Waals surface area (Å²) >= 11 is 0. The lowest BCUT2D eigenvalue weighted by atomic mass is 9.96. The van der Waals surface area contributed by atoms with Crippen LogP contribution in [0.3, 0.4) is 0 Å². The third-order valence-electron chi connectivity index (χ3n) is 3.04. The van der Waals surface area contributed by atoms with E-state index in [0.29, 0.717) is 29.9 Å². The van der Waals surface area contributed by atoms with Crippen molar-refractivity contribution in [2.45, 2.75) is 46.6 Å². The Hall–Kier alpha value is -2.15. The minimum atomic E-state index is -0.167. The molecule has 0 aliphatic rings. The Bertz CT molecular complexity index is 609. The number of nitrogens with two attached hydrogens (primary N) is 1. The van der Waals surface area contributed by atoms with Crippen molar-refractivity contribution in [1.82, 2.24) is 15.0 Å². The van der Waals surface area contributed by atoms with Gasteiger partial charge in [-0.3, -0.25) is 0 Å².